The number of halogens is 2. The van der Waals surface area contributed by atoms with Crippen molar-refractivity contribution >= 4 is 45.1 Å². The molecule has 5 rings (SSSR count). The quantitative estimate of drug-likeness (QED) is 0.359. The largest absolute Gasteiger partial charge is 0.493 e. The van der Waals surface area contributed by atoms with Crippen molar-refractivity contribution in [2.24, 2.45) is 0 Å². The molecule has 0 saturated heterocycles. The third-order valence-corrected chi connectivity index (χ3v) is 8.36. The van der Waals surface area contributed by atoms with Gasteiger partial charge in [-0.2, -0.15) is 0 Å². The molecule has 2 aromatic rings. The predicted molar refractivity (Wildman–Crippen MR) is 150 cm³/mol. The second kappa shape index (κ2) is 11.6. The summed E-state index contributed by atoms with van der Waals surface area (Å²) in [4.78, 5) is 40.3. The number of nitrogens with zero attached hydrogens (tertiary/aromatic N) is 1. The average Bonchev–Trinajstić information content (AvgIpc) is 2.91. The van der Waals surface area contributed by atoms with Crippen molar-refractivity contribution in [3.05, 3.63) is 79.6 Å². The van der Waals surface area contributed by atoms with Gasteiger partial charge in [0.15, 0.2) is 23.1 Å². The van der Waals surface area contributed by atoms with Crippen molar-refractivity contribution in [1.29, 1.82) is 0 Å². The highest BCUT2D eigenvalue weighted by Gasteiger charge is 2.43. The maximum atomic E-state index is 13.5. The monoisotopic (exact) mass is 613 g/mol. The number of ether oxygens (including phenoxy) is 2. The molecule has 9 heteroatoms. The molecule has 1 N–H and O–H groups in total. The number of benzene rings is 2. The molecular weight excluding hydrogens is 586 g/mol. The fourth-order valence-electron chi connectivity index (χ4n) is 5.81. The molecule has 2 aromatic carbocycles. The Labute approximate surface area is 240 Å². The van der Waals surface area contributed by atoms with Crippen LogP contribution >= 0.6 is 27.5 Å². The number of methoxy groups -OCH3 is 1. The molecule has 0 saturated carbocycles. The number of allylic oxidation sites excluding steroid dienone is 4. The fourth-order valence-corrected chi connectivity index (χ4v) is 6.51. The van der Waals surface area contributed by atoms with E-state index in [0.29, 0.717) is 77.3 Å². The van der Waals surface area contributed by atoms with Gasteiger partial charge in [-0.1, -0.05) is 23.7 Å². The Balaban J connectivity index is 1.58. The third-order valence-electron chi connectivity index (χ3n) is 7.52. The molecule has 39 heavy (non-hydrogen) atoms. The van der Waals surface area contributed by atoms with Gasteiger partial charge in [0.1, 0.15) is 6.61 Å². The molecule has 7 nitrogen and oxygen atoms in total. The Morgan fingerprint density at radius 2 is 1.64 bits per heavy atom. The van der Waals surface area contributed by atoms with E-state index in [1.807, 2.05) is 29.2 Å². The van der Waals surface area contributed by atoms with Gasteiger partial charge in [-0.05, 0) is 77.0 Å². The number of carbonyl (C=O) groups excluding carboxylic acids is 2. The van der Waals surface area contributed by atoms with Crippen LogP contribution in [0.15, 0.2) is 63.4 Å². The van der Waals surface area contributed by atoms with Crippen molar-refractivity contribution in [2.75, 3.05) is 13.7 Å². The first-order valence-corrected chi connectivity index (χ1v) is 14.2. The number of Topliss-reactive ketones (excluding diaryl/α,β-unsaturated/α-hetero) is 2. The van der Waals surface area contributed by atoms with E-state index in [4.69, 9.17) is 21.1 Å². The average molecular weight is 615 g/mol. The first-order chi connectivity index (χ1) is 18.8. The van der Waals surface area contributed by atoms with E-state index in [2.05, 4.69) is 15.9 Å². The molecule has 204 valence electrons. The van der Waals surface area contributed by atoms with E-state index >= 15 is 0 Å². The molecule has 0 aromatic heterocycles. The number of aliphatic carboxylic acids is 1. The van der Waals surface area contributed by atoms with Crippen molar-refractivity contribution in [3.63, 3.8) is 0 Å². The normalized spacial score (nSPS) is 17.8. The minimum absolute atomic E-state index is 0.00431. The van der Waals surface area contributed by atoms with Gasteiger partial charge in [0.05, 0.1) is 18.0 Å². The molecule has 0 fully saturated rings. The molecule has 3 aliphatic rings. The van der Waals surface area contributed by atoms with Gasteiger partial charge in [-0.25, -0.2) is 0 Å². The molecule has 0 radical (unpaired) electrons. The summed E-state index contributed by atoms with van der Waals surface area (Å²) in [6.07, 6.45) is 3.48. The summed E-state index contributed by atoms with van der Waals surface area (Å²) in [6, 6.07) is 11.1. The molecule has 0 bridgehead atoms. The van der Waals surface area contributed by atoms with Crippen LogP contribution < -0.4 is 9.47 Å². The zero-order chi connectivity index (χ0) is 27.7. The van der Waals surface area contributed by atoms with Crippen LogP contribution in [0.4, 0.5) is 0 Å². The van der Waals surface area contributed by atoms with Crippen LogP contribution in [0.1, 0.15) is 62.0 Å². The lowest BCUT2D eigenvalue weighted by atomic mass is 9.71. The van der Waals surface area contributed by atoms with Crippen LogP contribution in [0.25, 0.3) is 0 Å². The summed E-state index contributed by atoms with van der Waals surface area (Å²) in [5.41, 5.74) is 4.61. The van der Waals surface area contributed by atoms with Gasteiger partial charge in [-0.3, -0.25) is 14.4 Å². The third kappa shape index (κ3) is 5.50. The van der Waals surface area contributed by atoms with Crippen molar-refractivity contribution in [3.8, 4) is 11.5 Å². The van der Waals surface area contributed by atoms with Crippen LogP contribution in [0.5, 0.6) is 11.5 Å². The number of hydrogen-bond acceptors (Lipinski definition) is 6. The second-order valence-electron chi connectivity index (χ2n) is 9.95. The molecule has 0 unspecified atom stereocenters. The van der Waals surface area contributed by atoms with E-state index in [-0.39, 0.29) is 24.5 Å². The molecule has 1 aliphatic heterocycles. The second-order valence-corrected chi connectivity index (χ2v) is 11.2. The minimum atomic E-state index is -0.909. The van der Waals surface area contributed by atoms with Gasteiger partial charge >= 0.3 is 5.97 Å². The van der Waals surface area contributed by atoms with Gasteiger partial charge in [-0.15, -0.1) is 0 Å². The highest BCUT2D eigenvalue weighted by molar-refractivity contribution is 9.10. The number of carbonyl (C=O) groups is 3. The first-order valence-electron chi connectivity index (χ1n) is 13.0. The minimum Gasteiger partial charge on any atom is -0.493 e. The van der Waals surface area contributed by atoms with Gasteiger partial charge in [0.2, 0.25) is 0 Å². The lowest BCUT2D eigenvalue weighted by Gasteiger charge is -2.44. The van der Waals surface area contributed by atoms with Crippen LogP contribution in [0.3, 0.4) is 0 Å². The summed E-state index contributed by atoms with van der Waals surface area (Å²) in [5.74, 6) is -0.434. The van der Waals surface area contributed by atoms with E-state index in [1.54, 1.807) is 19.2 Å². The van der Waals surface area contributed by atoms with Crippen LogP contribution in [0, 0.1) is 0 Å². The van der Waals surface area contributed by atoms with Gasteiger partial charge in [0, 0.05) is 52.9 Å². The van der Waals surface area contributed by atoms with Crippen LogP contribution in [-0.2, 0) is 21.0 Å². The predicted octanol–water partition coefficient (Wildman–Crippen LogP) is 6.58. The van der Waals surface area contributed by atoms with E-state index in [9.17, 15) is 19.5 Å². The number of ketones is 2. The van der Waals surface area contributed by atoms with E-state index in [0.717, 1.165) is 22.5 Å². The Morgan fingerprint density at radius 1 is 1.03 bits per heavy atom. The smallest absolute Gasteiger partial charge is 0.305 e. The number of hydrogen-bond donors (Lipinski definition) is 1. The Bertz CT molecular complexity index is 1350. The summed E-state index contributed by atoms with van der Waals surface area (Å²) in [5, 5.41) is 10.0. The molecule has 0 amide bonds. The maximum Gasteiger partial charge on any atom is 0.305 e. The number of carboxylic acid groups (broad SMARTS) is 1. The van der Waals surface area contributed by atoms with E-state index < -0.39 is 11.9 Å². The van der Waals surface area contributed by atoms with Crippen LogP contribution in [-0.4, -0.2) is 41.2 Å². The zero-order valence-electron chi connectivity index (χ0n) is 21.6. The van der Waals surface area contributed by atoms with Gasteiger partial charge < -0.3 is 19.5 Å². The Hall–Kier alpha value is -3.10. The van der Waals surface area contributed by atoms with Crippen molar-refractivity contribution < 1.29 is 29.0 Å². The topological polar surface area (TPSA) is 93.1 Å². The lowest BCUT2D eigenvalue weighted by molar-refractivity contribution is -0.137. The fraction of sp³-hybridized carbons (Fsp3) is 0.367. The van der Waals surface area contributed by atoms with Crippen molar-refractivity contribution in [1.82, 2.24) is 4.90 Å². The Kier molecular flexibility index (Phi) is 8.14. The molecule has 2 aliphatic carbocycles. The molecule has 0 atom stereocenters. The number of carboxylic acids is 1. The van der Waals surface area contributed by atoms with E-state index in [1.165, 1.54) is 0 Å². The first kappa shape index (κ1) is 27.5. The standard InChI is InChI=1S/C30H29BrClNO6/c1-38-25-15-18(14-20(31)30(25)39-16-17-8-10-19(32)11-9-17)27-28-21(4-2-6-23(28)34)33(13-12-26(36)37)22-5-3-7-24(35)29(22)27/h8-11,14-15,27H,2-7,12-13,16H2,1H3,(H,36,37). The maximum absolute atomic E-state index is 13.5. The highest BCUT2D eigenvalue weighted by atomic mass is 79.9. The zero-order valence-corrected chi connectivity index (χ0v) is 23.9. The molecular formula is C30H29BrClNO6. The summed E-state index contributed by atoms with van der Waals surface area (Å²) < 4.78 is 12.5. The van der Waals surface area contributed by atoms with Crippen molar-refractivity contribution in [2.45, 2.75) is 57.5 Å². The Morgan fingerprint density at radius 3 is 2.21 bits per heavy atom. The molecule has 0 spiro atoms. The SMILES string of the molecule is COc1cc(C2C3=C(CCCC3=O)N(CCC(=O)O)C3=C2C(=O)CCC3)cc(Br)c1OCc1ccc(Cl)cc1. The summed E-state index contributed by atoms with van der Waals surface area (Å²) >= 11 is 9.64. The summed E-state index contributed by atoms with van der Waals surface area (Å²) in [7, 11) is 1.56. The summed E-state index contributed by atoms with van der Waals surface area (Å²) in [6.45, 7) is 0.541. The molecule has 1 heterocycles. The lowest BCUT2D eigenvalue weighted by Crippen LogP contribution is -2.39. The van der Waals surface area contributed by atoms with Crippen LogP contribution in [0.2, 0.25) is 5.02 Å². The number of rotatable bonds is 8. The van der Waals surface area contributed by atoms with Gasteiger partial charge in [0.25, 0.3) is 0 Å². The highest BCUT2D eigenvalue weighted by Crippen LogP contribution is 2.51.